The van der Waals surface area contributed by atoms with Crippen molar-refractivity contribution in [2.45, 2.75) is 13.1 Å². The molecular weight excluding hydrogens is 639 g/mol. The predicted molar refractivity (Wildman–Crippen MR) is 160 cm³/mol. The molecule has 4 rings (SSSR count). The Morgan fingerprint density at radius 1 is 0.870 bits per heavy atom. The van der Waals surface area contributed by atoms with Crippen LogP contribution in [-0.4, -0.2) is 34.8 Å². The highest BCUT2D eigenvalue weighted by atomic mass is 35.5. The van der Waals surface area contributed by atoms with Crippen molar-refractivity contribution in [3.05, 3.63) is 117 Å². The molecular formula is C30H23ClF3N3O9. The molecule has 0 bridgehead atoms. The van der Waals surface area contributed by atoms with E-state index < -0.39 is 46.1 Å². The molecule has 0 spiro atoms. The standard InChI is InChI=1S/C16H16N2O4.C14H7ClF3NO5/c1-2-21-15(19)18-13-9-6-10-14(11-13)22-16(20)17-12-7-4-3-5-8-12;15-10-5-7(14(16,17)18)1-4-12(10)24-8-2-3-11(19(22)23)9(6-8)13(20)21/h3-11H,2H2,1H3,(H,17,20)(H,18,19);1-6H,(H,20,21). The first-order valence-electron chi connectivity index (χ1n) is 12.9. The third kappa shape index (κ3) is 10.4. The summed E-state index contributed by atoms with van der Waals surface area (Å²) in [6.07, 6.45) is -5.75. The van der Waals surface area contributed by atoms with Gasteiger partial charge in [-0.05, 0) is 55.5 Å². The molecule has 0 atom stereocenters. The van der Waals surface area contributed by atoms with Crippen LogP contribution in [0.25, 0.3) is 0 Å². The number of alkyl halides is 3. The lowest BCUT2D eigenvalue weighted by molar-refractivity contribution is -0.385. The molecule has 0 radical (unpaired) electrons. The summed E-state index contributed by atoms with van der Waals surface area (Å²) in [5.41, 5.74) is -1.14. The van der Waals surface area contributed by atoms with Crippen LogP contribution in [0, 0.1) is 10.1 Å². The SMILES string of the molecule is CCOC(=O)Nc1cccc(OC(=O)Nc2ccccc2)c1.O=C(O)c1cc(Oc2ccc(C(F)(F)F)cc2Cl)ccc1[N+](=O)[O-]. The quantitative estimate of drug-likeness (QED) is 0.124. The summed E-state index contributed by atoms with van der Waals surface area (Å²) in [4.78, 5) is 44.0. The number of hydrogen-bond acceptors (Lipinski definition) is 8. The molecule has 0 aromatic heterocycles. The zero-order valence-electron chi connectivity index (χ0n) is 23.5. The zero-order valence-corrected chi connectivity index (χ0v) is 24.3. The lowest BCUT2D eigenvalue weighted by atomic mass is 10.1. The van der Waals surface area contributed by atoms with E-state index in [-0.39, 0.29) is 23.1 Å². The van der Waals surface area contributed by atoms with Gasteiger partial charge in [-0.3, -0.25) is 20.7 Å². The molecule has 4 aromatic carbocycles. The average molecular weight is 662 g/mol. The first-order chi connectivity index (χ1) is 21.8. The van der Waals surface area contributed by atoms with Crippen molar-refractivity contribution in [2.75, 3.05) is 17.2 Å². The average Bonchev–Trinajstić information content (AvgIpc) is 2.98. The number of carbonyl (C=O) groups excluding carboxylic acids is 2. The minimum Gasteiger partial charge on any atom is -0.477 e. The van der Waals surface area contributed by atoms with Gasteiger partial charge in [0, 0.05) is 29.6 Å². The summed E-state index contributed by atoms with van der Waals surface area (Å²) < 4.78 is 52.8. The molecule has 0 heterocycles. The second-order valence-corrected chi connectivity index (χ2v) is 9.15. The van der Waals surface area contributed by atoms with Crippen molar-refractivity contribution in [1.29, 1.82) is 0 Å². The van der Waals surface area contributed by atoms with Gasteiger partial charge in [-0.2, -0.15) is 13.2 Å². The summed E-state index contributed by atoms with van der Waals surface area (Å²) in [5.74, 6) is -1.53. The van der Waals surface area contributed by atoms with E-state index in [1.54, 1.807) is 49.4 Å². The van der Waals surface area contributed by atoms with E-state index in [1.807, 2.05) is 6.07 Å². The number of nitro benzene ring substituents is 1. The fourth-order valence-electron chi connectivity index (χ4n) is 3.49. The first-order valence-corrected chi connectivity index (χ1v) is 13.3. The van der Waals surface area contributed by atoms with Gasteiger partial charge < -0.3 is 19.3 Å². The minimum absolute atomic E-state index is 0.125. The fraction of sp³-hybridized carbons (Fsp3) is 0.100. The third-order valence-corrected chi connectivity index (χ3v) is 5.76. The third-order valence-electron chi connectivity index (χ3n) is 5.47. The van der Waals surface area contributed by atoms with Gasteiger partial charge in [0.15, 0.2) is 0 Å². The van der Waals surface area contributed by atoms with E-state index in [9.17, 15) is 37.7 Å². The van der Waals surface area contributed by atoms with E-state index in [2.05, 4.69) is 10.6 Å². The van der Waals surface area contributed by atoms with E-state index in [4.69, 9.17) is 30.9 Å². The Morgan fingerprint density at radius 3 is 2.15 bits per heavy atom. The fourth-order valence-corrected chi connectivity index (χ4v) is 3.71. The first kappa shape index (κ1) is 34.7. The number of hydrogen-bond donors (Lipinski definition) is 3. The molecule has 0 aliphatic carbocycles. The van der Waals surface area contributed by atoms with Crippen LogP contribution >= 0.6 is 11.6 Å². The van der Waals surface area contributed by atoms with Crippen LogP contribution in [0.3, 0.4) is 0 Å². The molecule has 46 heavy (non-hydrogen) atoms. The molecule has 2 amide bonds. The summed E-state index contributed by atoms with van der Waals surface area (Å²) in [5, 5.41) is 24.5. The highest BCUT2D eigenvalue weighted by Gasteiger charge is 2.31. The van der Waals surface area contributed by atoms with Crippen molar-refractivity contribution in [3.8, 4) is 17.2 Å². The molecule has 0 fully saturated rings. The molecule has 3 N–H and O–H groups in total. The van der Waals surface area contributed by atoms with Crippen molar-refractivity contribution in [3.63, 3.8) is 0 Å². The van der Waals surface area contributed by atoms with Crippen LogP contribution in [-0.2, 0) is 10.9 Å². The maximum Gasteiger partial charge on any atom is 0.417 e. The molecule has 16 heteroatoms. The van der Waals surface area contributed by atoms with Crippen molar-refractivity contribution >= 4 is 46.8 Å². The molecule has 12 nitrogen and oxygen atoms in total. The number of nitrogens with one attached hydrogen (secondary N) is 2. The predicted octanol–water partition coefficient (Wildman–Crippen LogP) is 8.62. The Balaban J connectivity index is 0.000000251. The summed E-state index contributed by atoms with van der Waals surface area (Å²) in [6, 6.07) is 20.7. The van der Waals surface area contributed by atoms with Gasteiger partial charge in [0.2, 0.25) is 0 Å². The lowest BCUT2D eigenvalue weighted by Crippen LogP contribution is -2.17. The van der Waals surface area contributed by atoms with Crippen LogP contribution < -0.4 is 20.1 Å². The van der Waals surface area contributed by atoms with Crippen LogP contribution in [0.1, 0.15) is 22.8 Å². The second-order valence-electron chi connectivity index (χ2n) is 8.74. The number of rotatable bonds is 8. The van der Waals surface area contributed by atoms with Gasteiger partial charge in [0.25, 0.3) is 5.69 Å². The summed E-state index contributed by atoms with van der Waals surface area (Å²) >= 11 is 5.72. The molecule has 0 saturated carbocycles. The van der Waals surface area contributed by atoms with Crippen molar-refractivity contribution < 1.29 is 51.8 Å². The van der Waals surface area contributed by atoms with E-state index >= 15 is 0 Å². The number of carbonyl (C=O) groups is 3. The Kier molecular flexibility index (Phi) is 11.9. The molecule has 240 valence electrons. The van der Waals surface area contributed by atoms with Crippen LogP contribution in [0.15, 0.2) is 91.0 Å². The van der Waals surface area contributed by atoms with Crippen LogP contribution in [0.4, 0.5) is 39.8 Å². The zero-order chi connectivity index (χ0) is 33.9. The number of para-hydroxylation sites is 1. The number of benzene rings is 4. The van der Waals surface area contributed by atoms with Gasteiger partial charge in [0.1, 0.15) is 22.8 Å². The Morgan fingerprint density at radius 2 is 1.54 bits per heavy atom. The number of halogens is 4. The van der Waals surface area contributed by atoms with Gasteiger partial charge in [0.05, 0.1) is 22.1 Å². The Labute approximate surface area is 263 Å². The van der Waals surface area contributed by atoms with Gasteiger partial charge in [-0.25, -0.2) is 14.4 Å². The highest BCUT2D eigenvalue weighted by Crippen LogP contribution is 2.37. The summed E-state index contributed by atoms with van der Waals surface area (Å²) in [6.45, 7) is 1.99. The number of carboxylic acid groups (broad SMARTS) is 1. The highest BCUT2D eigenvalue weighted by molar-refractivity contribution is 6.32. The molecule has 0 aliphatic heterocycles. The largest absolute Gasteiger partial charge is 0.477 e. The normalized spacial score (nSPS) is 10.5. The topological polar surface area (TPSA) is 166 Å². The number of nitro groups is 1. The number of ether oxygens (including phenoxy) is 3. The second kappa shape index (κ2) is 15.8. The monoisotopic (exact) mass is 661 g/mol. The number of aromatic carboxylic acids is 1. The number of anilines is 2. The maximum absolute atomic E-state index is 12.6. The van der Waals surface area contributed by atoms with Crippen molar-refractivity contribution in [2.24, 2.45) is 0 Å². The van der Waals surface area contributed by atoms with E-state index in [1.165, 1.54) is 6.07 Å². The van der Waals surface area contributed by atoms with Gasteiger partial charge >= 0.3 is 24.3 Å². The van der Waals surface area contributed by atoms with E-state index in [0.717, 1.165) is 30.3 Å². The van der Waals surface area contributed by atoms with Crippen LogP contribution in [0.2, 0.25) is 5.02 Å². The minimum atomic E-state index is -4.58. The molecule has 0 saturated heterocycles. The number of carboxylic acids is 1. The van der Waals surface area contributed by atoms with Crippen LogP contribution in [0.5, 0.6) is 17.2 Å². The Bertz CT molecular complexity index is 1720. The Hall–Kier alpha value is -5.83. The number of amides is 2. The summed E-state index contributed by atoms with van der Waals surface area (Å²) in [7, 11) is 0. The molecule has 0 aliphatic rings. The van der Waals surface area contributed by atoms with Gasteiger partial charge in [-0.15, -0.1) is 0 Å². The molecule has 4 aromatic rings. The maximum atomic E-state index is 12.6. The smallest absolute Gasteiger partial charge is 0.417 e. The van der Waals surface area contributed by atoms with E-state index in [0.29, 0.717) is 23.2 Å². The lowest BCUT2D eigenvalue weighted by Gasteiger charge is -2.11. The number of nitrogens with zero attached hydrogens (tertiary/aromatic N) is 1. The van der Waals surface area contributed by atoms with Crippen molar-refractivity contribution in [1.82, 2.24) is 0 Å². The molecule has 0 unspecified atom stereocenters. The van der Waals surface area contributed by atoms with Gasteiger partial charge in [-0.1, -0.05) is 35.9 Å².